The smallest absolute Gasteiger partial charge is 0.340 e. The molecule has 174 valence electrons. The average molecular weight is 490 g/mol. The fraction of sp³-hybridized carbons (Fsp3) is 0.227. The zero-order chi connectivity index (χ0) is 24.0. The molecular formula is C22H23N3O6S2. The van der Waals surface area contributed by atoms with Gasteiger partial charge in [-0.1, -0.05) is 12.1 Å². The zero-order valence-electron chi connectivity index (χ0n) is 18.3. The van der Waals surface area contributed by atoms with Crippen molar-refractivity contribution in [2.75, 3.05) is 23.3 Å². The number of methoxy groups -OCH3 is 1. The largest absolute Gasteiger partial charge is 0.497 e. The van der Waals surface area contributed by atoms with Crippen LogP contribution in [0.15, 0.2) is 58.8 Å². The lowest BCUT2D eigenvalue weighted by atomic mass is 10.2. The number of hydrogen-bond donors (Lipinski definition) is 1. The topological polar surface area (TPSA) is 115 Å². The van der Waals surface area contributed by atoms with Gasteiger partial charge in [0, 0.05) is 18.8 Å². The Hall–Kier alpha value is -3.44. The van der Waals surface area contributed by atoms with Gasteiger partial charge in [-0.2, -0.15) is 0 Å². The highest BCUT2D eigenvalue weighted by Crippen LogP contribution is 2.24. The van der Waals surface area contributed by atoms with Gasteiger partial charge in [-0.15, -0.1) is 11.3 Å². The Morgan fingerprint density at radius 3 is 2.45 bits per heavy atom. The van der Waals surface area contributed by atoms with E-state index in [0.717, 1.165) is 0 Å². The van der Waals surface area contributed by atoms with Crippen LogP contribution in [0.5, 0.6) is 5.75 Å². The minimum atomic E-state index is -3.94. The second-order valence-electron chi connectivity index (χ2n) is 6.79. The lowest BCUT2D eigenvalue weighted by Crippen LogP contribution is -2.27. The normalized spacial score (nSPS) is 11.0. The molecule has 2 aromatic carbocycles. The molecule has 0 bridgehead atoms. The summed E-state index contributed by atoms with van der Waals surface area (Å²) in [5, 5.41) is 2.22. The van der Waals surface area contributed by atoms with Crippen LogP contribution in [0.1, 0.15) is 29.9 Å². The van der Waals surface area contributed by atoms with Crippen LogP contribution in [0.3, 0.4) is 0 Å². The number of nitrogens with zero attached hydrogens (tertiary/aromatic N) is 2. The zero-order valence-corrected chi connectivity index (χ0v) is 19.9. The first-order valence-corrected chi connectivity index (χ1v) is 12.3. The molecule has 0 atom stereocenters. The maximum Gasteiger partial charge on any atom is 0.340 e. The molecule has 0 saturated carbocycles. The number of hydrogen-bond acceptors (Lipinski definition) is 8. The summed E-state index contributed by atoms with van der Waals surface area (Å²) in [4.78, 5) is 30.2. The third-order valence-electron chi connectivity index (χ3n) is 4.58. The third-order valence-corrected chi connectivity index (χ3v) is 6.87. The molecule has 0 saturated heterocycles. The molecule has 0 aliphatic carbocycles. The molecular weight excluding hydrogens is 466 g/mol. The van der Waals surface area contributed by atoms with E-state index in [1.165, 1.54) is 66.7 Å². The van der Waals surface area contributed by atoms with Crippen LogP contribution < -0.4 is 14.4 Å². The van der Waals surface area contributed by atoms with Gasteiger partial charge in [0.1, 0.15) is 12.4 Å². The van der Waals surface area contributed by atoms with E-state index >= 15 is 0 Å². The van der Waals surface area contributed by atoms with Crippen LogP contribution in [-0.2, 0) is 26.2 Å². The highest BCUT2D eigenvalue weighted by Gasteiger charge is 2.20. The van der Waals surface area contributed by atoms with E-state index in [4.69, 9.17) is 9.47 Å². The van der Waals surface area contributed by atoms with E-state index in [1.807, 2.05) is 6.92 Å². The Bertz CT molecular complexity index is 1240. The van der Waals surface area contributed by atoms with Crippen LogP contribution in [0.2, 0.25) is 0 Å². The Labute approximate surface area is 196 Å². The monoisotopic (exact) mass is 489 g/mol. The highest BCUT2D eigenvalue weighted by molar-refractivity contribution is 7.92. The number of thiazole rings is 1. The van der Waals surface area contributed by atoms with Crippen molar-refractivity contribution in [1.82, 2.24) is 4.98 Å². The predicted octanol–water partition coefficient (Wildman–Crippen LogP) is 3.68. The van der Waals surface area contributed by atoms with Gasteiger partial charge >= 0.3 is 5.97 Å². The molecule has 1 amide bonds. The van der Waals surface area contributed by atoms with Gasteiger partial charge in [0.15, 0.2) is 5.13 Å². The molecule has 11 heteroatoms. The van der Waals surface area contributed by atoms with Crippen molar-refractivity contribution in [2.45, 2.75) is 25.3 Å². The number of benzene rings is 2. The summed E-state index contributed by atoms with van der Waals surface area (Å²) in [7, 11) is -2.45. The van der Waals surface area contributed by atoms with Crippen LogP contribution >= 0.6 is 11.3 Å². The van der Waals surface area contributed by atoms with E-state index < -0.39 is 16.0 Å². The fourth-order valence-corrected chi connectivity index (χ4v) is 4.90. The fourth-order valence-electron chi connectivity index (χ4n) is 2.91. The quantitative estimate of drug-likeness (QED) is 0.456. The molecule has 0 radical (unpaired) electrons. The van der Waals surface area contributed by atoms with Crippen molar-refractivity contribution < 1.29 is 27.5 Å². The molecule has 1 heterocycles. The van der Waals surface area contributed by atoms with E-state index in [1.54, 1.807) is 17.5 Å². The summed E-state index contributed by atoms with van der Waals surface area (Å²) in [5.41, 5.74) is 0.634. The Morgan fingerprint density at radius 2 is 1.82 bits per heavy atom. The van der Waals surface area contributed by atoms with Crippen molar-refractivity contribution in [3.05, 3.63) is 65.2 Å². The van der Waals surface area contributed by atoms with Gasteiger partial charge in [0.05, 0.1) is 29.0 Å². The van der Waals surface area contributed by atoms with Crippen molar-refractivity contribution in [3.8, 4) is 5.75 Å². The molecule has 0 aliphatic rings. The standard InChI is InChI=1S/C22H23N3O6S2/c1-4-25(15(2)26)22-23-16(14-32-22)13-31-21(27)19-7-5-6-8-20(19)24-33(28,29)18-11-9-17(30-3)10-12-18/h5-12,14,24H,4,13H2,1-3H3. The maximum absolute atomic E-state index is 12.8. The van der Waals surface area contributed by atoms with Gasteiger partial charge in [-0.25, -0.2) is 18.2 Å². The van der Waals surface area contributed by atoms with Gasteiger partial charge < -0.3 is 9.47 Å². The molecule has 0 fully saturated rings. The first-order chi connectivity index (χ1) is 15.7. The minimum Gasteiger partial charge on any atom is -0.497 e. The number of aromatic nitrogens is 1. The number of carbonyl (C=O) groups is 2. The van der Waals surface area contributed by atoms with Crippen molar-refractivity contribution in [1.29, 1.82) is 0 Å². The lowest BCUT2D eigenvalue weighted by molar-refractivity contribution is -0.116. The molecule has 3 rings (SSSR count). The SMILES string of the molecule is CCN(C(C)=O)c1nc(COC(=O)c2ccccc2NS(=O)(=O)c2ccc(OC)cc2)cs1. The summed E-state index contributed by atoms with van der Waals surface area (Å²) < 4.78 is 38.3. The first-order valence-electron chi connectivity index (χ1n) is 9.90. The van der Waals surface area contributed by atoms with Crippen LogP contribution in [0, 0.1) is 0 Å². The number of esters is 1. The van der Waals surface area contributed by atoms with E-state index in [0.29, 0.717) is 23.1 Å². The summed E-state index contributed by atoms with van der Waals surface area (Å²) in [5.74, 6) is -0.321. The molecule has 3 aromatic rings. The highest BCUT2D eigenvalue weighted by atomic mass is 32.2. The average Bonchev–Trinajstić information content (AvgIpc) is 3.26. The van der Waals surface area contributed by atoms with Crippen LogP contribution in [0.25, 0.3) is 0 Å². The molecule has 0 unspecified atom stereocenters. The van der Waals surface area contributed by atoms with Crippen LogP contribution in [0.4, 0.5) is 10.8 Å². The number of amides is 1. The van der Waals surface area contributed by atoms with E-state index in [-0.39, 0.29) is 28.7 Å². The summed E-state index contributed by atoms with van der Waals surface area (Å²) in [6.45, 7) is 3.65. The second kappa shape index (κ2) is 10.5. The number of rotatable bonds is 9. The summed E-state index contributed by atoms with van der Waals surface area (Å²) in [6, 6.07) is 12.0. The van der Waals surface area contributed by atoms with Crippen LogP contribution in [-0.4, -0.2) is 38.9 Å². The minimum absolute atomic E-state index is 0.0208. The summed E-state index contributed by atoms with van der Waals surface area (Å²) in [6.07, 6.45) is 0. The Kier molecular flexibility index (Phi) is 7.67. The van der Waals surface area contributed by atoms with Gasteiger partial charge in [0.25, 0.3) is 10.0 Å². The number of nitrogens with one attached hydrogen (secondary N) is 1. The molecule has 9 nitrogen and oxygen atoms in total. The summed E-state index contributed by atoms with van der Waals surface area (Å²) >= 11 is 1.27. The van der Waals surface area contributed by atoms with Crippen molar-refractivity contribution in [3.63, 3.8) is 0 Å². The molecule has 0 spiro atoms. The maximum atomic E-state index is 12.8. The molecule has 33 heavy (non-hydrogen) atoms. The number of sulfonamides is 1. The van der Waals surface area contributed by atoms with E-state index in [9.17, 15) is 18.0 Å². The van der Waals surface area contributed by atoms with Gasteiger partial charge in [0.2, 0.25) is 5.91 Å². The first kappa shape index (κ1) is 24.2. The molecule has 0 aliphatic heterocycles. The number of anilines is 2. The predicted molar refractivity (Wildman–Crippen MR) is 125 cm³/mol. The van der Waals surface area contributed by atoms with Crippen molar-refractivity contribution >= 4 is 44.1 Å². The number of carbonyl (C=O) groups excluding carboxylic acids is 2. The molecule has 1 aromatic heterocycles. The van der Waals surface area contributed by atoms with Gasteiger partial charge in [-0.05, 0) is 43.3 Å². The second-order valence-corrected chi connectivity index (χ2v) is 9.31. The Morgan fingerprint density at radius 1 is 1.12 bits per heavy atom. The number of ether oxygens (including phenoxy) is 2. The van der Waals surface area contributed by atoms with Crippen molar-refractivity contribution in [2.24, 2.45) is 0 Å². The molecule has 1 N–H and O–H groups in total. The van der Waals surface area contributed by atoms with E-state index in [2.05, 4.69) is 9.71 Å². The van der Waals surface area contributed by atoms with Gasteiger partial charge in [-0.3, -0.25) is 14.4 Å². The lowest BCUT2D eigenvalue weighted by Gasteiger charge is -2.14. The third kappa shape index (κ3) is 5.88. The number of para-hydroxylation sites is 1. The Balaban J connectivity index is 1.72.